The molecule has 4 nitrogen and oxygen atoms in total. The number of rotatable bonds is 1. The van der Waals surface area contributed by atoms with Crippen LogP contribution in [0.1, 0.15) is 15.9 Å². The monoisotopic (exact) mass is 233 g/mol. The molecule has 0 aromatic heterocycles. The second-order valence-corrected chi connectivity index (χ2v) is 2.69. The third-order valence-electron chi connectivity index (χ3n) is 1.66. The molecule has 0 saturated carbocycles. The molecule has 0 atom stereocenters. The fourth-order valence-corrected chi connectivity index (χ4v) is 0.960. The van der Waals surface area contributed by atoms with Crippen LogP contribution in [0.2, 0.25) is 0 Å². The third kappa shape index (κ3) is 2.48. The highest BCUT2D eigenvalue weighted by Crippen LogP contribution is 2.30. The Kier molecular flexibility index (Phi) is 3.14. The highest BCUT2D eigenvalue weighted by atomic mass is 19.4. The third-order valence-corrected chi connectivity index (χ3v) is 1.66. The second-order valence-electron chi connectivity index (χ2n) is 2.69. The summed E-state index contributed by atoms with van der Waals surface area (Å²) in [5.74, 6) is -2.57. The predicted molar refractivity (Wildman–Crippen MR) is 44.9 cm³/mol. The Morgan fingerprint density at radius 2 is 2.00 bits per heavy atom. The Hall–Kier alpha value is -2.08. The number of halogens is 4. The first-order valence-corrected chi connectivity index (χ1v) is 3.82. The Balaban J connectivity index is 3.29. The van der Waals surface area contributed by atoms with Crippen LogP contribution in [0.3, 0.4) is 0 Å². The van der Waals surface area contributed by atoms with E-state index in [0.717, 1.165) is 0 Å². The van der Waals surface area contributed by atoms with Gasteiger partial charge in [-0.15, -0.1) is 0 Å². The van der Waals surface area contributed by atoms with Gasteiger partial charge in [-0.05, 0) is 28.8 Å². The lowest BCUT2D eigenvalue weighted by atomic mass is 10.1. The Morgan fingerprint density at radius 3 is 2.50 bits per heavy atom. The van der Waals surface area contributed by atoms with E-state index in [9.17, 15) is 22.4 Å². The number of amides is 1. The Labute approximate surface area is 86.1 Å². The van der Waals surface area contributed by atoms with E-state index in [1.165, 1.54) is 0 Å². The number of carbonyl (C=O) groups excluding carboxylic acids is 1. The molecule has 8 heteroatoms. The molecule has 0 fully saturated rings. The predicted octanol–water partition coefficient (Wildman–Crippen LogP) is 3.30. The van der Waals surface area contributed by atoms with Gasteiger partial charge in [-0.2, -0.15) is 13.2 Å². The van der Waals surface area contributed by atoms with Crippen LogP contribution in [0.15, 0.2) is 23.3 Å². The average Bonchev–Trinajstić information content (AvgIpc) is 2.16. The van der Waals surface area contributed by atoms with Crippen LogP contribution < -0.4 is 0 Å². The first kappa shape index (κ1) is 12.0. The quantitative estimate of drug-likeness (QED) is 0.317. The van der Waals surface area contributed by atoms with Crippen LogP contribution >= 0.6 is 0 Å². The fourth-order valence-electron chi connectivity index (χ4n) is 0.960. The maximum Gasteiger partial charge on any atom is 0.416 e. The van der Waals surface area contributed by atoms with E-state index < -0.39 is 29.0 Å². The van der Waals surface area contributed by atoms with Gasteiger partial charge in [0.25, 0.3) is 5.91 Å². The second kappa shape index (κ2) is 4.19. The molecule has 0 heterocycles. The Morgan fingerprint density at radius 1 is 1.38 bits per heavy atom. The van der Waals surface area contributed by atoms with Gasteiger partial charge in [-0.25, -0.2) is 4.39 Å². The van der Waals surface area contributed by atoms with Gasteiger partial charge in [0.15, 0.2) is 0 Å². The topological polar surface area (TPSA) is 65.8 Å². The summed E-state index contributed by atoms with van der Waals surface area (Å²) in [6.07, 6.45) is -4.70. The molecular formula is C8H3F4N3O. The molecule has 0 aliphatic carbocycles. The minimum absolute atomic E-state index is 0.298. The van der Waals surface area contributed by atoms with E-state index in [-0.39, 0.29) is 0 Å². The summed E-state index contributed by atoms with van der Waals surface area (Å²) in [7, 11) is 0. The van der Waals surface area contributed by atoms with E-state index in [2.05, 4.69) is 10.0 Å². The first-order chi connectivity index (χ1) is 7.36. The Bertz CT molecular complexity index is 477. The standard InChI is InChI=1S/C8H3F4N3O/c9-6-2-1-4(8(10,11)12)3-5(6)7(16)14-15-13/h1-3H. The van der Waals surface area contributed by atoms with Crippen LogP contribution in [0, 0.1) is 5.82 Å². The molecule has 0 unspecified atom stereocenters. The summed E-state index contributed by atoms with van der Waals surface area (Å²) in [6.45, 7) is 0. The van der Waals surface area contributed by atoms with Crippen molar-refractivity contribution >= 4 is 5.91 Å². The molecule has 0 saturated heterocycles. The molecule has 0 aliphatic rings. The van der Waals surface area contributed by atoms with Crippen molar-refractivity contribution in [3.63, 3.8) is 0 Å². The largest absolute Gasteiger partial charge is 0.416 e. The van der Waals surface area contributed by atoms with Gasteiger partial charge in [-0.3, -0.25) is 4.79 Å². The summed E-state index contributed by atoms with van der Waals surface area (Å²) in [4.78, 5) is 13.0. The summed E-state index contributed by atoms with van der Waals surface area (Å²) in [6, 6.07) is 1.28. The lowest BCUT2D eigenvalue weighted by molar-refractivity contribution is -0.137. The molecule has 0 N–H and O–H groups in total. The van der Waals surface area contributed by atoms with Crippen LogP contribution in [-0.4, -0.2) is 5.91 Å². The van der Waals surface area contributed by atoms with Gasteiger partial charge < -0.3 is 0 Å². The number of carbonyl (C=O) groups is 1. The molecule has 16 heavy (non-hydrogen) atoms. The molecule has 1 aromatic carbocycles. The van der Waals surface area contributed by atoms with Crippen molar-refractivity contribution in [1.29, 1.82) is 0 Å². The zero-order valence-electron chi connectivity index (χ0n) is 7.49. The van der Waals surface area contributed by atoms with E-state index >= 15 is 0 Å². The fraction of sp³-hybridized carbons (Fsp3) is 0.125. The van der Waals surface area contributed by atoms with E-state index in [1.807, 2.05) is 0 Å². The van der Waals surface area contributed by atoms with Crippen molar-refractivity contribution in [1.82, 2.24) is 0 Å². The summed E-state index contributed by atoms with van der Waals surface area (Å²) >= 11 is 0. The van der Waals surface area contributed by atoms with Crippen molar-refractivity contribution < 1.29 is 22.4 Å². The van der Waals surface area contributed by atoms with Crippen molar-refractivity contribution in [3.05, 3.63) is 45.6 Å². The first-order valence-electron chi connectivity index (χ1n) is 3.82. The molecule has 0 spiro atoms. The minimum Gasteiger partial charge on any atom is -0.287 e. The molecule has 1 amide bonds. The zero-order chi connectivity index (χ0) is 12.3. The van der Waals surface area contributed by atoms with E-state index in [1.54, 1.807) is 0 Å². The van der Waals surface area contributed by atoms with Gasteiger partial charge in [-0.1, -0.05) is 0 Å². The number of alkyl halides is 3. The van der Waals surface area contributed by atoms with Crippen LogP contribution in [0.5, 0.6) is 0 Å². The summed E-state index contributed by atoms with van der Waals surface area (Å²) in [5.41, 5.74) is 5.81. The lowest BCUT2D eigenvalue weighted by Gasteiger charge is -2.07. The number of benzene rings is 1. The van der Waals surface area contributed by atoms with Gasteiger partial charge >= 0.3 is 6.18 Å². The van der Waals surface area contributed by atoms with Gasteiger partial charge in [0.1, 0.15) is 5.82 Å². The van der Waals surface area contributed by atoms with Crippen LogP contribution in [0.4, 0.5) is 17.6 Å². The van der Waals surface area contributed by atoms with Crippen LogP contribution in [0.25, 0.3) is 10.4 Å². The molecule has 0 bridgehead atoms. The summed E-state index contributed by atoms with van der Waals surface area (Å²) < 4.78 is 49.6. The van der Waals surface area contributed by atoms with Gasteiger partial charge in [0.2, 0.25) is 0 Å². The summed E-state index contributed by atoms with van der Waals surface area (Å²) in [5, 5.41) is 2.51. The smallest absolute Gasteiger partial charge is 0.287 e. The maximum absolute atomic E-state index is 13.0. The number of azide groups is 1. The molecule has 0 aliphatic heterocycles. The van der Waals surface area contributed by atoms with Gasteiger partial charge in [0.05, 0.1) is 11.1 Å². The number of hydrogen-bond acceptors (Lipinski definition) is 1. The molecule has 84 valence electrons. The molecule has 1 rings (SSSR count). The van der Waals surface area contributed by atoms with Crippen molar-refractivity contribution in [2.24, 2.45) is 5.11 Å². The SMILES string of the molecule is [N-]=[N+]=NC(=O)c1cc(C(F)(F)F)ccc1F. The highest BCUT2D eigenvalue weighted by molar-refractivity contribution is 5.95. The lowest BCUT2D eigenvalue weighted by Crippen LogP contribution is -2.08. The van der Waals surface area contributed by atoms with Crippen molar-refractivity contribution in [2.45, 2.75) is 6.18 Å². The van der Waals surface area contributed by atoms with Crippen LogP contribution in [-0.2, 0) is 6.18 Å². The van der Waals surface area contributed by atoms with E-state index in [4.69, 9.17) is 5.53 Å². The highest BCUT2D eigenvalue weighted by Gasteiger charge is 2.31. The van der Waals surface area contributed by atoms with Gasteiger partial charge in [0, 0.05) is 4.91 Å². The minimum atomic E-state index is -4.70. The maximum atomic E-state index is 13.0. The zero-order valence-corrected chi connectivity index (χ0v) is 7.49. The average molecular weight is 233 g/mol. The molecule has 0 radical (unpaired) electrons. The normalized spacial score (nSPS) is 10.8. The molecular weight excluding hydrogens is 230 g/mol. The number of hydrogen-bond donors (Lipinski definition) is 0. The van der Waals surface area contributed by atoms with Crippen molar-refractivity contribution in [2.75, 3.05) is 0 Å². The van der Waals surface area contributed by atoms with E-state index in [0.29, 0.717) is 18.2 Å². The van der Waals surface area contributed by atoms with Crippen molar-refractivity contribution in [3.8, 4) is 0 Å². The number of nitrogens with zero attached hydrogens (tertiary/aromatic N) is 3. The molecule has 1 aromatic rings.